The fourth-order valence-corrected chi connectivity index (χ4v) is 2.26. The van der Waals surface area contributed by atoms with Gasteiger partial charge in [0, 0.05) is 12.5 Å². The molecule has 2 N–H and O–H groups in total. The number of halogens is 1. The van der Waals surface area contributed by atoms with Crippen molar-refractivity contribution in [3.63, 3.8) is 0 Å². The summed E-state index contributed by atoms with van der Waals surface area (Å²) >= 11 is 6.00. The van der Waals surface area contributed by atoms with Crippen molar-refractivity contribution in [3.8, 4) is 0 Å². The molecule has 0 unspecified atom stereocenters. The summed E-state index contributed by atoms with van der Waals surface area (Å²) in [5.74, 6) is -0.708. The second-order valence-electron chi connectivity index (χ2n) is 5.59. The lowest BCUT2D eigenvalue weighted by Gasteiger charge is -2.09. The molecule has 7 heteroatoms. The van der Waals surface area contributed by atoms with Crippen LogP contribution in [-0.4, -0.2) is 33.5 Å². The molecule has 1 aromatic carbocycles. The first-order valence-electron chi connectivity index (χ1n) is 7.51. The van der Waals surface area contributed by atoms with E-state index in [-0.39, 0.29) is 28.1 Å². The number of carbonyl (C=O) groups excluding carboxylic acids is 1. The fraction of sp³-hybridized carbons (Fsp3) is 0.294. The van der Waals surface area contributed by atoms with Crippen LogP contribution in [0.5, 0.6) is 0 Å². The number of benzene rings is 1. The van der Waals surface area contributed by atoms with Crippen molar-refractivity contribution in [2.45, 2.75) is 26.2 Å². The summed E-state index contributed by atoms with van der Waals surface area (Å²) in [7, 11) is 0. The van der Waals surface area contributed by atoms with Crippen LogP contribution in [0.25, 0.3) is 0 Å². The van der Waals surface area contributed by atoms with Crippen molar-refractivity contribution < 1.29 is 14.7 Å². The molecule has 0 aliphatic carbocycles. The summed E-state index contributed by atoms with van der Waals surface area (Å²) in [6, 6.07) is 6.60. The van der Waals surface area contributed by atoms with Crippen LogP contribution >= 0.6 is 11.6 Å². The number of amides is 1. The van der Waals surface area contributed by atoms with E-state index >= 15 is 0 Å². The Bertz CT molecular complexity index is 762. The van der Waals surface area contributed by atoms with Gasteiger partial charge in [0.15, 0.2) is 0 Å². The molecule has 0 saturated carbocycles. The Morgan fingerprint density at radius 3 is 2.75 bits per heavy atom. The van der Waals surface area contributed by atoms with Gasteiger partial charge in [-0.3, -0.25) is 4.79 Å². The maximum atomic E-state index is 12.2. The third-order valence-corrected chi connectivity index (χ3v) is 3.64. The van der Waals surface area contributed by atoms with Gasteiger partial charge in [0.25, 0.3) is 5.91 Å². The van der Waals surface area contributed by atoms with Gasteiger partial charge < -0.3 is 10.4 Å². The highest BCUT2D eigenvalue weighted by atomic mass is 35.5. The van der Waals surface area contributed by atoms with E-state index in [4.69, 9.17) is 16.7 Å². The first-order valence-corrected chi connectivity index (χ1v) is 7.89. The van der Waals surface area contributed by atoms with Crippen molar-refractivity contribution in [1.82, 2.24) is 15.3 Å². The van der Waals surface area contributed by atoms with E-state index < -0.39 is 5.97 Å². The highest BCUT2D eigenvalue weighted by Crippen LogP contribution is 2.16. The maximum Gasteiger partial charge on any atom is 0.335 e. The number of nitrogens with zero attached hydrogens (tertiary/aromatic N) is 2. The van der Waals surface area contributed by atoms with E-state index in [9.17, 15) is 9.59 Å². The first-order chi connectivity index (χ1) is 11.4. The molecular weight excluding hydrogens is 330 g/mol. The molecule has 6 nitrogen and oxygen atoms in total. The third kappa shape index (κ3) is 4.52. The molecule has 0 aliphatic rings. The topological polar surface area (TPSA) is 92.2 Å². The molecule has 1 heterocycles. The van der Waals surface area contributed by atoms with E-state index in [1.807, 2.05) is 19.9 Å². The summed E-state index contributed by atoms with van der Waals surface area (Å²) in [5, 5.41) is 11.9. The maximum absolute atomic E-state index is 12.2. The van der Waals surface area contributed by atoms with Gasteiger partial charge in [0.1, 0.15) is 11.5 Å². The summed E-state index contributed by atoms with van der Waals surface area (Å²) in [6.07, 6.45) is 1.93. The lowest BCUT2D eigenvalue weighted by Crippen LogP contribution is -2.27. The first kappa shape index (κ1) is 17.9. The molecule has 0 bridgehead atoms. The van der Waals surface area contributed by atoms with Crippen molar-refractivity contribution in [2.75, 3.05) is 6.54 Å². The molecule has 0 spiro atoms. The van der Waals surface area contributed by atoms with Gasteiger partial charge >= 0.3 is 5.97 Å². The second-order valence-corrected chi connectivity index (χ2v) is 6.00. The summed E-state index contributed by atoms with van der Waals surface area (Å²) < 4.78 is 0. The van der Waals surface area contributed by atoms with Crippen molar-refractivity contribution in [3.05, 3.63) is 58.1 Å². The van der Waals surface area contributed by atoms with Crippen LogP contribution in [0.1, 0.15) is 52.0 Å². The Labute approximate surface area is 144 Å². The number of hydrogen-bond donors (Lipinski definition) is 2. The van der Waals surface area contributed by atoms with Crippen LogP contribution in [0, 0.1) is 0 Å². The standard InChI is InChI=1S/C17H18ClN3O3/c1-10(2)15-20-9-13(18)14(21-15)16(22)19-7-6-11-4-3-5-12(8-11)17(23)24/h3-5,8-10H,6-7H2,1-2H3,(H,19,22)(H,23,24). The minimum Gasteiger partial charge on any atom is -0.478 e. The van der Waals surface area contributed by atoms with E-state index in [1.165, 1.54) is 12.3 Å². The van der Waals surface area contributed by atoms with Crippen molar-refractivity contribution in [2.24, 2.45) is 0 Å². The van der Waals surface area contributed by atoms with E-state index in [0.29, 0.717) is 18.8 Å². The fourth-order valence-electron chi connectivity index (χ4n) is 2.08. The predicted octanol–water partition coefficient (Wildman–Crippen LogP) is 2.92. The lowest BCUT2D eigenvalue weighted by molar-refractivity contribution is 0.0696. The Hall–Kier alpha value is -2.47. The lowest BCUT2D eigenvalue weighted by atomic mass is 10.1. The van der Waals surface area contributed by atoms with Crippen LogP contribution in [0.4, 0.5) is 0 Å². The Morgan fingerprint density at radius 1 is 1.33 bits per heavy atom. The number of aromatic nitrogens is 2. The normalized spacial score (nSPS) is 10.7. The highest BCUT2D eigenvalue weighted by molar-refractivity contribution is 6.33. The van der Waals surface area contributed by atoms with Gasteiger partial charge in [0.2, 0.25) is 0 Å². The quantitative estimate of drug-likeness (QED) is 0.838. The molecule has 24 heavy (non-hydrogen) atoms. The number of carboxylic acid groups (broad SMARTS) is 1. The summed E-state index contributed by atoms with van der Waals surface area (Å²) in [6.45, 7) is 4.21. The molecule has 2 rings (SSSR count). The zero-order valence-corrected chi connectivity index (χ0v) is 14.2. The second kappa shape index (κ2) is 7.88. The molecule has 2 aromatic rings. The average molecular weight is 348 g/mol. The van der Waals surface area contributed by atoms with E-state index in [2.05, 4.69) is 15.3 Å². The Kier molecular flexibility index (Phi) is 5.87. The van der Waals surface area contributed by atoms with Gasteiger partial charge in [-0.15, -0.1) is 0 Å². The van der Waals surface area contributed by atoms with E-state index in [1.54, 1.807) is 12.1 Å². The number of carbonyl (C=O) groups is 2. The van der Waals surface area contributed by atoms with Gasteiger partial charge in [0.05, 0.1) is 16.8 Å². The van der Waals surface area contributed by atoms with Crippen LogP contribution in [-0.2, 0) is 6.42 Å². The Morgan fingerprint density at radius 2 is 2.08 bits per heavy atom. The smallest absolute Gasteiger partial charge is 0.335 e. The largest absolute Gasteiger partial charge is 0.478 e. The van der Waals surface area contributed by atoms with Crippen molar-refractivity contribution >= 4 is 23.5 Å². The molecule has 0 aliphatic heterocycles. The predicted molar refractivity (Wildman–Crippen MR) is 90.6 cm³/mol. The minimum atomic E-state index is -0.977. The average Bonchev–Trinajstić information content (AvgIpc) is 2.55. The van der Waals surface area contributed by atoms with Crippen LogP contribution in [0.15, 0.2) is 30.5 Å². The number of hydrogen-bond acceptors (Lipinski definition) is 4. The third-order valence-electron chi connectivity index (χ3n) is 3.37. The van der Waals surface area contributed by atoms with Crippen LogP contribution in [0.2, 0.25) is 5.02 Å². The van der Waals surface area contributed by atoms with E-state index in [0.717, 1.165) is 5.56 Å². The summed E-state index contributed by atoms with van der Waals surface area (Å²) in [4.78, 5) is 31.5. The Balaban J connectivity index is 2.00. The number of carboxylic acids is 1. The van der Waals surface area contributed by atoms with Crippen molar-refractivity contribution in [1.29, 1.82) is 0 Å². The van der Waals surface area contributed by atoms with Gasteiger partial charge in [-0.1, -0.05) is 37.6 Å². The molecule has 1 aromatic heterocycles. The molecule has 0 atom stereocenters. The van der Waals surface area contributed by atoms with Crippen LogP contribution in [0.3, 0.4) is 0 Å². The molecule has 1 amide bonds. The molecule has 0 fully saturated rings. The van der Waals surface area contributed by atoms with Crippen LogP contribution < -0.4 is 5.32 Å². The monoisotopic (exact) mass is 347 g/mol. The zero-order valence-electron chi connectivity index (χ0n) is 13.4. The molecule has 126 valence electrons. The zero-order chi connectivity index (χ0) is 17.7. The number of nitrogens with one attached hydrogen (secondary N) is 1. The molecule has 0 radical (unpaired) electrons. The van der Waals surface area contributed by atoms with Gasteiger partial charge in [-0.05, 0) is 24.1 Å². The minimum absolute atomic E-state index is 0.0903. The SMILES string of the molecule is CC(C)c1ncc(Cl)c(C(=O)NCCc2cccc(C(=O)O)c2)n1. The number of aromatic carboxylic acids is 1. The molecule has 0 saturated heterocycles. The number of rotatable bonds is 6. The van der Waals surface area contributed by atoms with Gasteiger partial charge in [-0.2, -0.15) is 0 Å². The van der Waals surface area contributed by atoms with Gasteiger partial charge in [-0.25, -0.2) is 14.8 Å². The molecular formula is C17H18ClN3O3. The summed E-state index contributed by atoms with van der Waals surface area (Å²) in [5.41, 5.74) is 1.20. The highest BCUT2D eigenvalue weighted by Gasteiger charge is 2.15.